The number of carbonyl (C=O) groups excluding carboxylic acids is 1. The summed E-state index contributed by atoms with van der Waals surface area (Å²) in [5.74, 6) is 0. The Hall–Kier alpha value is -0.770. The molecule has 4 nitrogen and oxygen atoms in total. The molecule has 0 unspecified atom stereocenters. The Labute approximate surface area is 79.7 Å². The Morgan fingerprint density at radius 3 is 2.23 bits per heavy atom. The minimum atomic E-state index is 0.0400. The molecule has 4 heteroatoms. The van der Waals surface area contributed by atoms with E-state index in [9.17, 15) is 4.79 Å². The van der Waals surface area contributed by atoms with Crippen molar-refractivity contribution < 1.29 is 4.79 Å². The Bertz CT molecular complexity index is 185. The Kier molecular flexibility index (Phi) is 3.14. The molecule has 13 heavy (non-hydrogen) atoms. The van der Waals surface area contributed by atoms with Gasteiger partial charge in [0.05, 0.1) is 0 Å². The Morgan fingerprint density at radius 1 is 1.31 bits per heavy atom. The average molecular weight is 185 g/mol. The van der Waals surface area contributed by atoms with Gasteiger partial charge in [-0.3, -0.25) is 0 Å². The van der Waals surface area contributed by atoms with Crippen LogP contribution in [0.3, 0.4) is 0 Å². The molecule has 2 amide bonds. The summed E-state index contributed by atoms with van der Waals surface area (Å²) < 4.78 is 0. The summed E-state index contributed by atoms with van der Waals surface area (Å²) in [5, 5.41) is 5.95. The van der Waals surface area contributed by atoms with Crippen molar-refractivity contribution in [2.24, 2.45) is 0 Å². The maximum Gasteiger partial charge on any atom is 0.317 e. The molecule has 0 aromatic carbocycles. The summed E-state index contributed by atoms with van der Waals surface area (Å²) >= 11 is 0. The molecule has 1 saturated heterocycles. The van der Waals surface area contributed by atoms with E-state index in [1.807, 2.05) is 11.9 Å². The number of nitrogens with one attached hydrogen (secondary N) is 2. The van der Waals surface area contributed by atoms with E-state index < -0.39 is 0 Å². The number of carbonyl (C=O) groups is 1. The van der Waals surface area contributed by atoms with Crippen molar-refractivity contribution in [3.63, 3.8) is 0 Å². The standard InChI is InChI=1S/C9H19N3O/c1-9(11-3)4-6-12(7-5-9)8(13)10-2/h11H,4-7H2,1-3H3,(H,10,13). The smallest absolute Gasteiger partial charge is 0.317 e. The molecule has 1 aliphatic heterocycles. The predicted octanol–water partition coefficient (Wildman–Crippen LogP) is 0.400. The van der Waals surface area contributed by atoms with Crippen LogP contribution in [0.25, 0.3) is 0 Å². The number of amides is 2. The van der Waals surface area contributed by atoms with Crippen LogP contribution in [-0.2, 0) is 0 Å². The fourth-order valence-electron chi connectivity index (χ4n) is 1.61. The van der Waals surface area contributed by atoms with Crippen LogP contribution in [-0.4, -0.2) is 43.7 Å². The third-order valence-corrected chi connectivity index (χ3v) is 2.97. The van der Waals surface area contributed by atoms with Gasteiger partial charge < -0.3 is 15.5 Å². The van der Waals surface area contributed by atoms with Crippen LogP contribution in [0.1, 0.15) is 19.8 Å². The van der Waals surface area contributed by atoms with Crippen molar-refractivity contribution in [1.29, 1.82) is 0 Å². The lowest BCUT2D eigenvalue weighted by Gasteiger charge is -2.39. The van der Waals surface area contributed by atoms with E-state index in [1.54, 1.807) is 7.05 Å². The van der Waals surface area contributed by atoms with Crippen LogP contribution in [0.5, 0.6) is 0 Å². The molecule has 0 aliphatic carbocycles. The summed E-state index contributed by atoms with van der Waals surface area (Å²) in [6.07, 6.45) is 2.05. The molecule has 1 fully saturated rings. The van der Waals surface area contributed by atoms with Crippen molar-refractivity contribution in [3.05, 3.63) is 0 Å². The SMILES string of the molecule is CNC(=O)N1CCC(C)(NC)CC1. The van der Waals surface area contributed by atoms with Gasteiger partial charge in [-0.25, -0.2) is 4.79 Å². The second kappa shape index (κ2) is 3.96. The zero-order valence-corrected chi connectivity index (χ0v) is 8.68. The first-order valence-corrected chi connectivity index (χ1v) is 4.77. The molecule has 1 aliphatic rings. The largest absolute Gasteiger partial charge is 0.341 e. The fraction of sp³-hybridized carbons (Fsp3) is 0.889. The molecular formula is C9H19N3O. The van der Waals surface area contributed by atoms with E-state index in [-0.39, 0.29) is 11.6 Å². The summed E-state index contributed by atoms with van der Waals surface area (Å²) in [6, 6.07) is 0.0400. The number of hydrogen-bond acceptors (Lipinski definition) is 2. The highest BCUT2D eigenvalue weighted by atomic mass is 16.2. The normalized spacial score (nSPS) is 21.3. The highest BCUT2D eigenvalue weighted by Gasteiger charge is 2.29. The summed E-state index contributed by atoms with van der Waals surface area (Å²) in [6.45, 7) is 3.89. The van der Waals surface area contributed by atoms with E-state index in [4.69, 9.17) is 0 Å². The van der Waals surface area contributed by atoms with E-state index in [0.717, 1.165) is 25.9 Å². The molecular weight excluding hydrogens is 166 g/mol. The van der Waals surface area contributed by atoms with Gasteiger partial charge in [0, 0.05) is 25.7 Å². The molecule has 1 rings (SSSR count). The molecule has 2 N–H and O–H groups in total. The summed E-state index contributed by atoms with van der Waals surface area (Å²) in [7, 11) is 3.66. The van der Waals surface area contributed by atoms with E-state index in [2.05, 4.69) is 17.6 Å². The quantitative estimate of drug-likeness (QED) is 0.621. The number of nitrogens with zero attached hydrogens (tertiary/aromatic N) is 1. The third-order valence-electron chi connectivity index (χ3n) is 2.97. The van der Waals surface area contributed by atoms with Crippen LogP contribution in [0, 0.1) is 0 Å². The van der Waals surface area contributed by atoms with Crippen molar-refractivity contribution in [1.82, 2.24) is 15.5 Å². The fourth-order valence-corrected chi connectivity index (χ4v) is 1.61. The molecule has 0 bridgehead atoms. The first kappa shape index (κ1) is 10.3. The molecule has 0 atom stereocenters. The topological polar surface area (TPSA) is 44.4 Å². The molecule has 0 aromatic rings. The zero-order chi connectivity index (χ0) is 9.90. The second-order valence-corrected chi connectivity index (χ2v) is 3.85. The molecule has 1 heterocycles. The molecule has 76 valence electrons. The lowest BCUT2D eigenvalue weighted by molar-refractivity contribution is 0.155. The first-order chi connectivity index (χ1) is 6.11. The van der Waals surface area contributed by atoms with Crippen LogP contribution in [0.4, 0.5) is 4.79 Å². The minimum absolute atomic E-state index is 0.0400. The Balaban J connectivity index is 2.43. The highest BCUT2D eigenvalue weighted by Crippen LogP contribution is 2.20. The van der Waals surface area contributed by atoms with Gasteiger partial charge in [-0.05, 0) is 26.8 Å². The lowest BCUT2D eigenvalue weighted by Crippen LogP contribution is -2.52. The van der Waals surface area contributed by atoms with Crippen LogP contribution in [0.2, 0.25) is 0 Å². The van der Waals surface area contributed by atoms with Gasteiger partial charge in [0.1, 0.15) is 0 Å². The molecule has 0 spiro atoms. The maximum absolute atomic E-state index is 11.3. The van der Waals surface area contributed by atoms with Crippen LogP contribution < -0.4 is 10.6 Å². The van der Waals surface area contributed by atoms with Gasteiger partial charge in [-0.1, -0.05) is 0 Å². The number of rotatable bonds is 1. The third kappa shape index (κ3) is 2.34. The van der Waals surface area contributed by atoms with Crippen LogP contribution in [0.15, 0.2) is 0 Å². The van der Waals surface area contributed by atoms with Crippen LogP contribution >= 0.6 is 0 Å². The average Bonchev–Trinajstić information content (AvgIpc) is 2.18. The van der Waals surface area contributed by atoms with Crippen molar-refractivity contribution in [3.8, 4) is 0 Å². The van der Waals surface area contributed by atoms with E-state index in [1.165, 1.54) is 0 Å². The lowest BCUT2D eigenvalue weighted by atomic mass is 9.90. The van der Waals surface area contributed by atoms with Crippen molar-refractivity contribution in [2.45, 2.75) is 25.3 Å². The van der Waals surface area contributed by atoms with Gasteiger partial charge in [-0.15, -0.1) is 0 Å². The van der Waals surface area contributed by atoms with E-state index in [0.29, 0.717) is 0 Å². The number of hydrogen-bond donors (Lipinski definition) is 2. The second-order valence-electron chi connectivity index (χ2n) is 3.85. The van der Waals surface area contributed by atoms with Gasteiger partial charge >= 0.3 is 6.03 Å². The predicted molar refractivity (Wildman–Crippen MR) is 52.7 cm³/mol. The highest BCUT2D eigenvalue weighted by molar-refractivity contribution is 5.73. The van der Waals surface area contributed by atoms with Gasteiger partial charge in [0.15, 0.2) is 0 Å². The van der Waals surface area contributed by atoms with Crippen molar-refractivity contribution >= 4 is 6.03 Å². The van der Waals surface area contributed by atoms with Gasteiger partial charge in [0.25, 0.3) is 0 Å². The van der Waals surface area contributed by atoms with E-state index >= 15 is 0 Å². The molecule has 0 aromatic heterocycles. The van der Waals surface area contributed by atoms with Crippen molar-refractivity contribution in [2.75, 3.05) is 27.2 Å². The molecule has 0 saturated carbocycles. The number of likely N-dealkylation sites (tertiary alicyclic amines) is 1. The van der Waals surface area contributed by atoms with Gasteiger partial charge in [0.2, 0.25) is 0 Å². The number of piperidine rings is 1. The monoisotopic (exact) mass is 185 g/mol. The van der Waals surface area contributed by atoms with Gasteiger partial charge in [-0.2, -0.15) is 0 Å². The first-order valence-electron chi connectivity index (χ1n) is 4.77. The number of urea groups is 1. The summed E-state index contributed by atoms with van der Waals surface area (Å²) in [5.41, 5.74) is 0.213. The molecule has 0 radical (unpaired) electrons. The maximum atomic E-state index is 11.3. The Morgan fingerprint density at radius 2 is 1.85 bits per heavy atom. The summed E-state index contributed by atoms with van der Waals surface area (Å²) in [4.78, 5) is 13.1. The zero-order valence-electron chi connectivity index (χ0n) is 8.68. The minimum Gasteiger partial charge on any atom is -0.341 e.